The van der Waals surface area contributed by atoms with E-state index in [1.165, 1.54) is 0 Å². The number of carbonyl (C=O) groups excluding carboxylic acids is 1. The Hall–Kier alpha value is -3.83. The van der Waals surface area contributed by atoms with E-state index in [9.17, 15) is 4.79 Å². The lowest BCUT2D eigenvalue weighted by molar-refractivity contribution is 0.0322. The molecule has 1 saturated heterocycles. The minimum absolute atomic E-state index is 0.0237. The van der Waals surface area contributed by atoms with E-state index in [4.69, 9.17) is 19.8 Å². The fraction of sp³-hybridized carbons (Fsp3) is 0.375. The van der Waals surface area contributed by atoms with Crippen molar-refractivity contribution in [2.75, 3.05) is 45.2 Å². The fourth-order valence-electron chi connectivity index (χ4n) is 4.14. The number of nitrogens with zero attached hydrogens (tertiary/aromatic N) is 6. The number of aryl methyl sites for hydroxylation is 1. The SMILES string of the molecule is CCn1c(-c2nonc2N)nc2cnc(CC(=O)c3ccc(OCCN4CCOCC4)cc3)cc21. The smallest absolute Gasteiger partial charge is 0.199 e. The predicted molar refractivity (Wildman–Crippen MR) is 128 cm³/mol. The number of nitrogens with two attached hydrogens (primary N) is 1. The van der Waals surface area contributed by atoms with Gasteiger partial charge in [0.25, 0.3) is 0 Å². The van der Waals surface area contributed by atoms with Crippen LogP contribution in [0, 0.1) is 0 Å². The van der Waals surface area contributed by atoms with Gasteiger partial charge in [-0.25, -0.2) is 9.61 Å². The molecule has 1 aliphatic rings. The summed E-state index contributed by atoms with van der Waals surface area (Å²) in [6, 6.07) is 9.12. The number of fused-ring (bicyclic) bond motifs is 1. The van der Waals surface area contributed by atoms with Gasteiger partial charge in [0.1, 0.15) is 17.9 Å². The predicted octanol–water partition coefficient (Wildman–Crippen LogP) is 2.22. The number of imidazole rings is 1. The zero-order valence-electron chi connectivity index (χ0n) is 19.5. The Kier molecular flexibility index (Phi) is 6.68. The van der Waals surface area contributed by atoms with Crippen molar-refractivity contribution < 1.29 is 18.9 Å². The Morgan fingerprint density at radius 2 is 1.97 bits per heavy atom. The minimum Gasteiger partial charge on any atom is -0.492 e. The van der Waals surface area contributed by atoms with Crippen molar-refractivity contribution in [3.8, 4) is 17.3 Å². The van der Waals surface area contributed by atoms with Crippen molar-refractivity contribution in [1.29, 1.82) is 0 Å². The quantitative estimate of drug-likeness (QED) is 0.358. The van der Waals surface area contributed by atoms with Gasteiger partial charge in [0.05, 0.1) is 37.0 Å². The van der Waals surface area contributed by atoms with Crippen LogP contribution in [0.25, 0.3) is 22.6 Å². The van der Waals surface area contributed by atoms with E-state index in [1.54, 1.807) is 18.3 Å². The van der Waals surface area contributed by atoms with Crippen molar-refractivity contribution in [1.82, 2.24) is 29.7 Å². The molecule has 0 aliphatic carbocycles. The molecule has 2 N–H and O–H groups in total. The number of ether oxygens (including phenoxy) is 2. The van der Waals surface area contributed by atoms with Gasteiger partial charge in [0.2, 0.25) is 0 Å². The van der Waals surface area contributed by atoms with E-state index in [0.29, 0.717) is 41.4 Å². The zero-order chi connectivity index (χ0) is 24.2. The summed E-state index contributed by atoms with van der Waals surface area (Å²) < 4.78 is 17.9. The number of hydrogen-bond donors (Lipinski definition) is 1. The van der Waals surface area contributed by atoms with Crippen LogP contribution in [0.2, 0.25) is 0 Å². The monoisotopic (exact) mass is 477 g/mol. The molecule has 5 rings (SSSR count). The van der Waals surface area contributed by atoms with E-state index in [1.807, 2.05) is 29.7 Å². The molecule has 0 saturated carbocycles. The zero-order valence-corrected chi connectivity index (χ0v) is 19.5. The molecule has 11 nitrogen and oxygen atoms in total. The molecule has 182 valence electrons. The van der Waals surface area contributed by atoms with Crippen LogP contribution in [0.3, 0.4) is 0 Å². The summed E-state index contributed by atoms with van der Waals surface area (Å²) in [7, 11) is 0. The van der Waals surface area contributed by atoms with Gasteiger partial charge in [0, 0.05) is 31.7 Å². The molecule has 0 atom stereocenters. The second-order valence-corrected chi connectivity index (χ2v) is 8.27. The van der Waals surface area contributed by atoms with Gasteiger partial charge in [-0.1, -0.05) is 0 Å². The summed E-state index contributed by atoms with van der Waals surface area (Å²) in [6.45, 7) is 7.48. The molecule has 35 heavy (non-hydrogen) atoms. The highest BCUT2D eigenvalue weighted by atomic mass is 16.6. The van der Waals surface area contributed by atoms with Crippen LogP contribution in [0.1, 0.15) is 23.0 Å². The van der Waals surface area contributed by atoms with Crippen LogP contribution < -0.4 is 10.5 Å². The van der Waals surface area contributed by atoms with Gasteiger partial charge in [-0.3, -0.25) is 14.7 Å². The van der Waals surface area contributed by atoms with Gasteiger partial charge >= 0.3 is 0 Å². The average molecular weight is 478 g/mol. The molecule has 1 aliphatic heterocycles. The molecule has 3 aromatic heterocycles. The number of hydrogen-bond acceptors (Lipinski definition) is 10. The standard InChI is InChI=1S/C24H27N7O4/c1-2-31-20-13-17(26-15-19(20)27-24(31)22-23(25)29-35-28-22)14-21(32)16-3-5-18(6-4-16)34-12-9-30-7-10-33-11-8-30/h3-6,13,15H,2,7-12,14H2,1H3,(H2,25,29). The first-order valence-corrected chi connectivity index (χ1v) is 11.6. The molecule has 0 spiro atoms. The number of anilines is 1. The third-order valence-corrected chi connectivity index (χ3v) is 6.03. The maximum Gasteiger partial charge on any atom is 0.199 e. The summed E-state index contributed by atoms with van der Waals surface area (Å²) in [5, 5.41) is 7.50. The Balaban J connectivity index is 1.24. The molecule has 4 heterocycles. The molecule has 11 heteroatoms. The van der Waals surface area contributed by atoms with Gasteiger partial charge in [-0.2, -0.15) is 0 Å². The first kappa shape index (κ1) is 22.9. The van der Waals surface area contributed by atoms with Crippen LogP contribution in [0.5, 0.6) is 5.75 Å². The molecule has 0 amide bonds. The lowest BCUT2D eigenvalue weighted by atomic mass is 10.1. The lowest BCUT2D eigenvalue weighted by Gasteiger charge is -2.26. The number of aromatic nitrogens is 5. The van der Waals surface area contributed by atoms with Crippen molar-refractivity contribution >= 4 is 22.6 Å². The number of ketones is 1. The van der Waals surface area contributed by atoms with Gasteiger partial charge in [-0.05, 0) is 47.6 Å². The second kappa shape index (κ2) is 10.2. The molecule has 0 unspecified atom stereocenters. The molecule has 1 fully saturated rings. The minimum atomic E-state index is -0.0237. The summed E-state index contributed by atoms with van der Waals surface area (Å²) in [5.74, 6) is 1.45. The number of benzene rings is 1. The number of rotatable bonds is 9. The Morgan fingerprint density at radius 3 is 2.69 bits per heavy atom. The first-order chi connectivity index (χ1) is 17.1. The highest BCUT2D eigenvalue weighted by Gasteiger charge is 2.19. The van der Waals surface area contributed by atoms with Crippen LogP contribution >= 0.6 is 0 Å². The summed E-state index contributed by atoms with van der Waals surface area (Å²) >= 11 is 0. The van der Waals surface area contributed by atoms with Crippen molar-refractivity contribution in [2.24, 2.45) is 0 Å². The highest BCUT2D eigenvalue weighted by molar-refractivity contribution is 5.97. The van der Waals surface area contributed by atoms with Crippen LogP contribution in [-0.4, -0.2) is 75.0 Å². The van der Waals surface area contributed by atoms with E-state index < -0.39 is 0 Å². The van der Waals surface area contributed by atoms with Gasteiger partial charge < -0.3 is 19.8 Å². The maximum absolute atomic E-state index is 12.9. The summed E-state index contributed by atoms with van der Waals surface area (Å²) in [5.41, 5.74) is 9.02. The second-order valence-electron chi connectivity index (χ2n) is 8.27. The van der Waals surface area contributed by atoms with Crippen molar-refractivity contribution in [2.45, 2.75) is 19.9 Å². The number of pyridine rings is 1. The van der Waals surface area contributed by atoms with E-state index in [0.717, 1.165) is 44.1 Å². The summed E-state index contributed by atoms with van der Waals surface area (Å²) in [4.78, 5) is 24.2. The Morgan fingerprint density at radius 1 is 1.17 bits per heavy atom. The average Bonchev–Trinajstić information content (AvgIpc) is 3.47. The van der Waals surface area contributed by atoms with Crippen LogP contribution in [0.15, 0.2) is 41.2 Å². The number of morpholine rings is 1. The van der Waals surface area contributed by atoms with Crippen molar-refractivity contribution in [3.63, 3.8) is 0 Å². The maximum atomic E-state index is 12.9. The molecule has 0 bridgehead atoms. The van der Waals surface area contributed by atoms with E-state index >= 15 is 0 Å². The number of Topliss-reactive ketones (excluding diaryl/α,β-unsaturated/α-hetero) is 1. The molecule has 0 radical (unpaired) electrons. The summed E-state index contributed by atoms with van der Waals surface area (Å²) in [6.07, 6.45) is 1.83. The lowest BCUT2D eigenvalue weighted by Crippen LogP contribution is -2.38. The first-order valence-electron chi connectivity index (χ1n) is 11.6. The third kappa shape index (κ3) is 5.00. The van der Waals surface area contributed by atoms with E-state index in [-0.39, 0.29) is 18.0 Å². The Bertz CT molecular complexity index is 1310. The van der Waals surface area contributed by atoms with Gasteiger partial charge in [0.15, 0.2) is 23.1 Å². The van der Waals surface area contributed by atoms with Crippen molar-refractivity contribution in [3.05, 3.63) is 47.8 Å². The topological polar surface area (TPSA) is 134 Å². The normalized spacial score (nSPS) is 14.4. The Labute approximate surface area is 201 Å². The molecule has 4 aromatic rings. The third-order valence-electron chi connectivity index (χ3n) is 6.03. The van der Waals surface area contributed by atoms with Gasteiger partial charge in [-0.15, -0.1) is 0 Å². The number of carbonyl (C=O) groups is 1. The molecular weight excluding hydrogens is 450 g/mol. The molecular formula is C24H27N7O4. The van der Waals surface area contributed by atoms with Crippen LogP contribution in [0.4, 0.5) is 5.82 Å². The van der Waals surface area contributed by atoms with Crippen LogP contribution in [-0.2, 0) is 17.7 Å². The molecule has 1 aromatic carbocycles. The number of nitrogen functional groups attached to an aromatic ring is 1. The largest absolute Gasteiger partial charge is 0.492 e. The fourth-order valence-corrected chi connectivity index (χ4v) is 4.14. The highest BCUT2D eigenvalue weighted by Crippen LogP contribution is 2.27. The van der Waals surface area contributed by atoms with E-state index in [2.05, 4.69) is 25.2 Å².